The van der Waals surface area contributed by atoms with E-state index >= 15 is 0 Å². The number of nitrogens with one attached hydrogen (secondary N) is 1. The second-order valence-corrected chi connectivity index (χ2v) is 7.36. The molecule has 7 heteroatoms. The SMILES string of the molecule is CC/C(=N/NC(=O)c1cc(-c2ccc(OC)cc2)nc2ccccc12)c1cc(O)ccc1O. The van der Waals surface area contributed by atoms with Crippen molar-refractivity contribution in [3.05, 3.63) is 83.9 Å². The minimum atomic E-state index is -0.408. The van der Waals surface area contributed by atoms with Crippen molar-refractivity contribution in [2.45, 2.75) is 13.3 Å². The van der Waals surface area contributed by atoms with E-state index in [1.165, 1.54) is 18.2 Å². The van der Waals surface area contributed by atoms with Gasteiger partial charge in [0.1, 0.15) is 17.2 Å². The molecule has 0 bridgehead atoms. The van der Waals surface area contributed by atoms with Crippen molar-refractivity contribution < 1.29 is 19.7 Å². The number of hydrazone groups is 1. The molecule has 7 nitrogen and oxygen atoms in total. The molecule has 0 saturated heterocycles. The third-order valence-electron chi connectivity index (χ3n) is 5.26. The monoisotopic (exact) mass is 441 g/mol. The minimum Gasteiger partial charge on any atom is -0.508 e. The van der Waals surface area contributed by atoms with E-state index in [4.69, 9.17) is 9.72 Å². The van der Waals surface area contributed by atoms with Gasteiger partial charge in [-0.2, -0.15) is 5.10 Å². The van der Waals surface area contributed by atoms with E-state index in [0.29, 0.717) is 39.9 Å². The Balaban J connectivity index is 1.72. The first-order chi connectivity index (χ1) is 16.0. The third-order valence-corrected chi connectivity index (χ3v) is 5.26. The molecule has 0 atom stereocenters. The first kappa shape index (κ1) is 21.8. The molecule has 1 amide bonds. The van der Waals surface area contributed by atoms with Gasteiger partial charge in [0.15, 0.2) is 0 Å². The smallest absolute Gasteiger partial charge is 0.272 e. The quantitative estimate of drug-likeness (QED) is 0.225. The molecule has 1 heterocycles. The highest BCUT2D eigenvalue weighted by Gasteiger charge is 2.15. The number of amides is 1. The molecule has 166 valence electrons. The van der Waals surface area contributed by atoms with Gasteiger partial charge in [-0.25, -0.2) is 10.4 Å². The summed E-state index contributed by atoms with van der Waals surface area (Å²) in [5.74, 6) is 0.293. The molecule has 4 rings (SSSR count). The molecular formula is C26H23N3O4. The number of para-hydroxylation sites is 1. The number of fused-ring (bicyclic) bond motifs is 1. The number of hydrogen-bond donors (Lipinski definition) is 3. The summed E-state index contributed by atoms with van der Waals surface area (Å²) < 4.78 is 5.22. The van der Waals surface area contributed by atoms with Gasteiger partial charge >= 0.3 is 0 Å². The van der Waals surface area contributed by atoms with Crippen molar-refractivity contribution in [1.82, 2.24) is 10.4 Å². The maximum absolute atomic E-state index is 13.2. The largest absolute Gasteiger partial charge is 0.508 e. The second-order valence-electron chi connectivity index (χ2n) is 7.36. The van der Waals surface area contributed by atoms with Gasteiger partial charge in [0.2, 0.25) is 0 Å². The van der Waals surface area contributed by atoms with Gasteiger partial charge in [-0.15, -0.1) is 0 Å². The summed E-state index contributed by atoms with van der Waals surface area (Å²) in [7, 11) is 1.60. The van der Waals surface area contributed by atoms with E-state index in [9.17, 15) is 15.0 Å². The summed E-state index contributed by atoms with van der Waals surface area (Å²) in [5, 5.41) is 24.8. The van der Waals surface area contributed by atoms with Crippen molar-refractivity contribution in [3.63, 3.8) is 0 Å². The van der Waals surface area contributed by atoms with Crippen LogP contribution < -0.4 is 10.2 Å². The van der Waals surface area contributed by atoms with Gasteiger partial charge in [0.05, 0.1) is 29.6 Å². The molecule has 0 aliphatic heterocycles. The number of carbonyl (C=O) groups is 1. The molecule has 0 spiro atoms. The van der Waals surface area contributed by atoms with Crippen molar-refractivity contribution in [1.29, 1.82) is 0 Å². The third kappa shape index (κ3) is 4.62. The second kappa shape index (κ2) is 9.40. The first-order valence-electron chi connectivity index (χ1n) is 10.4. The number of nitrogens with zero attached hydrogens (tertiary/aromatic N) is 2. The number of phenols is 2. The average Bonchev–Trinajstić information content (AvgIpc) is 2.85. The zero-order valence-electron chi connectivity index (χ0n) is 18.2. The molecule has 3 N–H and O–H groups in total. The summed E-state index contributed by atoms with van der Waals surface area (Å²) in [5.41, 5.74) is 5.98. The summed E-state index contributed by atoms with van der Waals surface area (Å²) in [4.78, 5) is 17.9. The highest BCUT2D eigenvalue weighted by atomic mass is 16.5. The summed E-state index contributed by atoms with van der Waals surface area (Å²) in [6.07, 6.45) is 0.436. The Hall–Kier alpha value is -4.39. The van der Waals surface area contributed by atoms with E-state index in [-0.39, 0.29) is 11.5 Å². The fraction of sp³-hybridized carbons (Fsp3) is 0.115. The topological polar surface area (TPSA) is 104 Å². The normalized spacial score (nSPS) is 11.4. The van der Waals surface area contributed by atoms with Crippen LogP contribution in [0.2, 0.25) is 0 Å². The number of phenolic OH excluding ortho intramolecular Hbond substituents is 2. The standard InChI is InChI=1S/C26H23N3O4/c1-3-22(21-14-17(30)10-13-25(21)31)28-29-26(32)20-15-24(16-8-11-18(33-2)12-9-16)27-23-7-5-4-6-19(20)23/h4-15,30-31H,3H2,1-2H3,(H,29,32)/b28-22-. The lowest BCUT2D eigenvalue weighted by Gasteiger charge is -2.11. The van der Waals surface area contributed by atoms with E-state index in [1.807, 2.05) is 55.5 Å². The van der Waals surface area contributed by atoms with Crippen molar-refractivity contribution >= 4 is 22.5 Å². The Kier molecular flexibility index (Phi) is 6.22. The number of pyridine rings is 1. The van der Waals surface area contributed by atoms with Crippen LogP contribution in [0.25, 0.3) is 22.2 Å². The van der Waals surface area contributed by atoms with Gasteiger partial charge in [-0.05, 0) is 61.0 Å². The molecule has 0 aliphatic carbocycles. The summed E-state index contributed by atoms with van der Waals surface area (Å²) in [6, 6.07) is 20.8. The van der Waals surface area contributed by atoms with Gasteiger partial charge < -0.3 is 14.9 Å². The van der Waals surface area contributed by atoms with Crippen LogP contribution in [0.3, 0.4) is 0 Å². The maximum atomic E-state index is 13.2. The van der Waals surface area contributed by atoms with Gasteiger partial charge in [0.25, 0.3) is 5.91 Å². The number of methoxy groups -OCH3 is 1. The molecule has 0 unspecified atom stereocenters. The Morgan fingerprint density at radius 2 is 1.76 bits per heavy atom. The zero-order chi connectivity index (χ0) is 23.4. The highest BCUT2D eigenvalue weighted by molar-refractivity contribution is 6.08. The molecule has 0 radical (unpaired) electrons. The van der Waals surface area contributed by atoms with Crippen LogP contribution in [-0.4, -0.2) is 33.9 Å². The van der Waals surface area contributed by atoms with Crippen LogP contribution in [0.1, 0.15) is 29.3 Å². The lowest BCUT2D eigenvalue weighted by molar-refractivity contribution is 0.0956. The zero-order valence-corrected chi connectivity index (χ0v) is 18.2. The first-order valence-corrected chi connectivity index (χ1v) is 10.4. The van der Waals surface area contributed by atoms with Crippen molar-refractivity contribution in [2.75, 3.05) is 7.11 Å². The Bertz CT molecular complexity index is 1350. The molecule has 0 aliphatic rings. The number of carbonyl (C=O) groups excluding carboxylic acids is 1. The molecular weight excluding hydrogens is 418 g/mol. The van der Waals surface area contributed by atoms with Gasteiger partial charge in [-0.1, -0.05) is 25.1 Å². The van der Waals surface area contributed by atoms with Crippen LogP contribution in [-0.2, 0) is 0 Å². The number of ether oxygens (including phenoxy) is 1. The number of hydrogen-bond acceptors (Lipinski definition) is 6. The number of aromatic hydroxyl groups is 2. The molecule has 33 heavy (non-hydrogen) atoms. The van der Waals surface area contributed by atoms with Crippen LogP contribution in [0.15, 0.2) is 77.9 Å². The average molecular weight is 441 g/mol. The highest BCUT2D eigenvalue weighted by Crippen LogP contribution is 2.27. The van der Waals surface area contributed by atoms with E-state index in [0.717, 1.165) is 11.3 Å². The summed E-state index contributed by atoms with van der Waals surface area (Å²) in [6.45, 7) is 1.85. The molecule has 0 fully saturated rings. The maximum Gasteiger partial charge on any atom is 0.272 e. The summed E-state index contributed by atoms with van der Waals surface area (Å²) >= 11 is 0. The fourth-order valence-electron chi connectivity index (χ4n) is 3.54. The van der Waals surface area contributed by atoms with Gasteiger partial charge in [-0.3, -0.25) is 4.79 Å². The van der Waals surface area contributed by atoms with E-state index in [1.54, 1.807) is 13.2 Å². The Morgan fingerprint density at radius 3 is 2.48 bits per heavy atom. The van der Waals surface area contributed by atoms with Crippen molar-refractivity contribution in [3.8, 4) is 28.5 Å². The van der Waals surface area contributed by atoms with E-state index in [2.05, 4.69) is 10.5 Å². The Labute approximate surface area is 191 Å². The Morgan fingerprint density at radius 1 is 1.00 bits per heavy atom. The molecule has 4 aromatic rings. The number of aromatic nitrogens is 1. The molecule has 3 aromatic carbocycles. The predicted molar refractivity (Wildman–Crippen MR) is 128 cm³/mol. The number of rotatable bonds is 6. The van der Waals surface area contributed by atoms with Gasteiger partial charge in [0, 0.05) is 16.5 Å². The van der Waals surface area contributed by atoms with Crippen LogP contribution in [0.4, 0.5) is 0 Å². The number of benzene rings is 3. The molecule has 1 aromatic heterocycles. The lowest BCUT2D eigenvalue weighted by atomic mass is 10.0. The van der Waals surface area contributed by atoms with Crippen LogP contribution in [0.5, 0.6) is 17.2 Å². The molecule has 0 saturated carbocycles. The van der Waals surface area contributed by atoms with E-state index < -0.39 is 5.91 Å². The van der Waals surface area contributed by atoms with Crippen molar-refractivity contribution in [2.24, 2.45) is 5.10 Å². The fourth-order valence-corrected chi connectivity index (χ4v) is 3.54. The van der Waals surface area contributed by atoms with Crippen LogP contribution >= 0.6 is 0 Å². The predicted octanol–water partition coefficient (Wildman–Crippen LogP) is 4.87. The minimum absolute atomic E-state index is 0.000428. The van der Waals surface area contributed by atoms with Crippen LogP contribution in [0, 0.1) is 0 Å². The lowest BCUT2D eigenvalue weighted by Crippen LogP contribution is -2.20.